The number of nitrogens with one attached hydrogen (secondary N) is 1. The molecule has 0 spiro atoms. The van der Waals surface area contributed by atoms with Gasteiger partial charge in [-0.2, -0.15) is 16.1 Å². The molecule has 1 saturated heterocycles. The largest absolute Gasteiger partial charge is 0.351 e. The standard InChI is InChI=1S/C22H34N2O3S2/c1-18-11-12-19(22(25)23-13-16-28-20-9-5-4-6-10-20)17-21(18)29(26,27)24-14-7-2-3-8-15-24/h11-12,17,20H,2-10,13-16H2,1H3,(H,23,25). The summed E-state index contributed by atoms with van der Waals surface area (Å²) in [5, 5.41) is 3.69. The third-order valence-corrected chi connectivity index (χ3v) is 9.35. The number of rotatable bonds is 7. The molecule has 5 nitrogen and oxygen atoms in total. The average molecular weight is 439 g/mol. The molecule has 2 fully saturated rings. The molecule has 1 amide bonds. The van der Waals surface area contributed by atoms with Crippen molar-refractivity contribution < 1.29 is 13.2 Å². The van der Waals surface area contributed by atoms with Crippen LogP contribution in [-0.2, 0) is 10.0 Å². The smallest absolute Gasteiger partial charge is 0.251 e. The lowest BCUT2D eigenvalue weighted by Gasteiger charge is -2.21. The maximum absolute atomic E-state index is 13.2. The third-order valence-electron chi connectivity index (χ3n) is 5.93. The zero-order valence-electron chi connectivity index (χ0n) is 17.5. The summed E-state index contributed by atoms with van der Waals surface area (Å²) in [5.74, 6) is 0.711. The van der Waals surface area contributed by atoms with Crippen LogP contribution in [0, 0.1) is 6.92 Å². The van der Waals surface area contributed by atoms with E-state index in [-0.39, 0.29) is 10.8 Å². The molecule has 0 unspecified atom stereocenters. The summed E-state index contributed by atoms with van der Waals surface area (Å²) in [5.41, 5.74) is 1.12. The Labute approximate surface area is 180 Å². The fraction of sp³-hybridized carbons (Fsp3) is 0.682. The van der Waals surface area contributed by atoms with Gasteiger partial charge in [-0.3, -0.25) is 4.79 Å². The van der Waals surface area contributed by atoms with Crippen LogP contribution >= 0.6 is 11.8 Å². The first-order valence-electron chi connectivity index (χ1n) is 11.0. The molecule has 162 valence electrons. The Bertz CT molecular complexity index is 781. The molecule has 29 heavy (non-hydrogen) atoms. The highest BCUT2D eigenvalue weighted by Gasteiger charge is 2.27. The van der Waals surface area contributed by atoms with Crippen molar-refractivity contribution in [3.8, 4) is 0 Å². The minimum Gasteiger partial charge on any atom is -0.351 e. The van der Waals surface area contributed by atoms with Crippen molar-refractivity contribution in [3.05, 3.63) is 29.3 Å². The van der Waals surface area contributed by atoms with Crippen molar-refractivity contribution in [2.75, 3.05) is 25.4 Å². The van der Waals surface area contributed by atoms with E-state index in [0.29, 0.717) is 30.8 Å². The Morgan fingerprint density at radius 2 is 1.72 bits per heavy atom. The molecule has 0 radical (unpaired) electrons. The number of sulfonamides is 1. The zero-order chi connectivity index (χ0) is 20.7. The number of thioether (sulfide) groups is 1. The molecule has 2 aliphatic rings. The minimum absolute atomic E-state index is 0.193. The molecular formula is C22H34N2O3S2. The first kappa shape index (κ1) is 22.6. The van der Waals surface area contributed by atoms with Crippen molar-refractivity contribution in [2.24, 2.45) is 0 Å². The van der Waals surface area contributed by atoms with Gasteiger partial charge in [-0.05, 0) is 50.3 Å². The molecule has 3 rings (SSSR count). The highest BCUT2D eigenvalue weighted by atomic mass is 32.2. The van der Waals surface area contributed by atoms with Crippen molar-refractivity contribution in [2.45, 2.75) is 74.9 Å². The number of carbonyl (C=O) groups excluding carboxylic acids is 1. The molecule has 1 aliphatic carbocycles. The second-order valence-corrected chi connectivity index (χ2v) is 11.5. The number of carbonyl (C=O) groups is 1. The molecule has 1 saturated carbocycles. The highest BCUT2D eigenvalue weighted by Crippen LogP contribution is 2.28. The Morgan fingerprint density at radius 1 is 1.07 bits per heavy atom. The van der Waals surface area contributed by atoms with Crippen LogP contribution in [0.15, 0.2) is 23.1 Å². The Balaban J connectivity index is 1.60. The SMILES string of the molecule is Cc1ccc(C(=O)NCCSC2CCCCC2)cc1S(=O)(=O)N1CCCCCC1. The number of benzene rings is 1. The van der Waals surface area contributed by atoms with Gasteiger partial charge in [0.2, 0.25) is 10.0 Å². The summed E-state index contributed by atoms with van der Waals surface area (Å²) in [6.07, 6.45) is 10.5. The number of amides is 1. The fourth-order valence-corrected chi connectivity index (χ4v) is 7.15. The normalized spacial score (nSPS) is 19.6. The van der Waals surface area contributed by atoms with Gasteiger partial charge < -0.3 is 5.32 Å². The number of hydrogen-bond donors (Lipinski definition) is 1. The van der Waals surface area contributed by atoms with Crippen molar-refractivity contribution in [3.63, 3.8) is 0 Å². The monoisotopic (exact) mass is 438 g/mol. The molecule has 0 aromatic heterocycles. The van der Waals surface area contributed by atoms with Crippen LogP contribution in [-0.4, -0.2) is 49.3 Å². The van der Waals surface area contributed by atoms with E-state index in [2.05, 4.69) is 5.32 Å². The van der Waals surface area contributed by atoms with E-state index in [9.17, 15) is 13.2 Å². The average Bonchev–Trinajstić information content (AvgIpc) is 3.02. The van der Waals surface area contributed by atoms with Crippen molar-refractivity contribution in [1.82, 2.24) is 9.62 Å². The zero-order valence-corrected chi connectivity index (χ0v) is 19.1. The summed E-state index contributed by atoms with van der Waals surface area (Å²) in [7, 11) is -3.56. The summed E-state index contributed by atoms with van der Waals surface area (Å²) in [4.78, 5) is 12.9. The Morgan fingerprint density at radius 3 is 2.41 bits per heavy atom. The van der Waals surface area contributed by atoms with Crippen molar-refractivity contribution in [1.29, 1.82) is 0 Å². The number of nitrogens with zero attached hydrogens (tertiary/aromatic N) is 1. The topological polar surface area (TPSA) is 66.5 Å². The first-order chi connectivity index (χ1) is 14.0. The summed E-state index contributed by atoms with van der Waals surface area (Å²) in [6, 6.07) is 5.02. The quantitative estimate of drug-likeness (QED) is 0.643. The molecule has 1 aromatic rings. The van der Waals surface area contributed by atoms with Gasteiger partial charge in [-0.1, -0.05) is 38.2 Å². The maximum atomic E-state index is 13.2. The van der Waals surface area contributed by atoms with Crippen LogP contribution in [0.3, 0.4) is 0 Å². The molecule has 7 heteroatoms. The van der Waals surface area contributed by atoms with E-state index in [1.165, 1.54) is 32.1 Å². The second-order valence-electron chi connectivity index (χ2n) is 8.19. The minimum atomic E-state index is -3.56. The number of aryl methyl sites for hydroxylation is 1. The van der Waals surface area contributed by atoms with Gasteiger partial charge >= 0.3 is 0 Å². The lowest BCUT2D eigenvalue weighted by Crippen LogP contribution is -2.33. The summed E-state index contributed by atoms with van der Waals surface area (Å²) in [6.45, 7) is 3.54. The van der Waals surface area contributed by atoms with Gasteiger partial charge in [-0.15, -0.1) is 0 Å². The summed E-state index contributed by atoms with van der Waals surface area (Å²) < 4.78 is 27.9. The predicted octanol–water partition coefficient (Wildman–Crippen LogP) is 4.36. The van der Waals surface area contributed by atoms with E-state index in [1.54, 1.807) is 29.4 Å². The molecular weight excluding hydrogens is 404 g/mol. The van der Waals surface area contributed by atoms with Crippen LogP contribution in [0.2, 0.25) is 0 Å². The molecule has 1 heterocycles. The molecule has 0 bridgehead atoms. The van der Waals surface area contributed by atoms with Gasteiger partial charge in [-0.25, -0.2) is 8.42 Å². The van der Waals surface area contributed by atoms with Gasteiger partial charge in [0.15, 0.2) is 0 Å². The highest BCUT2D eigenvalue weighted by molar-refractivity contribution is 7.99. The second kappa shape index (κ2) is 10.8. The van der Waals surface area contributed by atoms with E-state index in [1.807, 2.05) is 11.8 Å². The maximum Gasteiger partial charge on any atom is 0.251 e. The van der Waals surface area contributed by atoms with Crippen LogP contribution in [0.4, 0.5) is 0 Å². The van der Waals surface area contributed by atoms with E-state index in [0.717, 1.165) is 36.7 Å². The predicted molar refractivity (Wildman–Crippen MR) is 120 cm³/mol. The molecule has 0 atom stereocenters. The van der Waals surface area contributed by atoms with Crippen LogP contribution in [0.25, 0.3) is 0 Å². The van der Waals surface area contributed by atoms with Gasteiger partial charge in [0.25, 0.3) is 5.91 Å². The van der Waals surface area contributed by atoms with E-state index >= 15 is 0 Å². The fourth-order valence-electron chi connectivity index (χ4n) is 4.16. The first-order valence-corrected chi connectivity index (χ1v) is 13.5. The summed E-state index contributed by atoms with van der Waals surface area (Å²) >= 11 is 1.95. The molecule has 1 N–H and O–H groups in total. The van der Waals surface area contributed by atoms with Crippen LogP contribution in [0.1, 0.15) is 73.7 Å². The van der Waals surface area contributed by atoms with Gasteiger partial charge in [0, 0.05) is 36.2 Å². The van der Waals surface area contributed by atoms with Gasteiger partial charge in [0.05, 0.1) is 4.90 Å². The lowest BCUT2D eigenvalue weighted by molar-refractivity contribution is 0.0956. The molecule has 1 aromatic carbocycles. The number of hydrogen-bond acceptors (Lipinski definition) is 4. The van der Waals surface area contributed by atoms with Crippen molar-refractivity contribution >= 4 is 27.7 Å². The third kappa shape index (κ3) is 6.22. The van der Waals surface area contributed by atoms with Gasteiger partial charge in [0.1, 0.15) is 0 Å². The van der Waals surface area contributed by atoms with E-state index in [4.69, 9.17) is 0 Å². The Kier molecular flexibility index (Phi) is 8.45. The lowest BCUT2D eigenvalue weighted by atomic mass is 10.0. The molecule has 1 aliphatic heterocycles. The van der Waals surface area contributed by atoms with E-state index < -0.39 is 10.0 Å². The van der Waals surface area contributed by atoms with Crippen LogP contribution < -0.4 is 5.32 Å². The Hall–Kier alpha value is -1.05. The van der Waals surface area contributed by atoms with Crippen LogP contribution in [0.5, 0.6) is 0 Å².